The Morgan fingerprint density at radius 2 is 2.25 bits per heavy atom. The van der Waals surface area contributed by atoms with Crippen LogP contribution in [0.5, 0.6) is 0 Å². The molecule has 3 nitrogen and oxygen atoms in total. The van der Waals surface area contributed by atoms with Gasteiger partial charge >= 0.3 is 0 Å². The van der Waals surface area contributed by atoms with Crippen molar-refractivity contribution in [2.45, 2.75) is 38.1 Å². The maximum absolute atomic E-state index is 5.96. The molecular formula is C9H17NO2. The second-order valence-corrected chi connectivity index (χ2v) is 3.89. The van der Waals surface area contributed by atoms with Crippen molar-refractivity contribution in [3.8, 4) is 0 Å². The van der Waals surface area contributed by atoms with E-state index in [0.29, 0.717) is 6.10 Å². The van der Waals surface area contributed by atoms with Crippen molar-refractivity contribution in [3.63, 3.8) is 0 Å². The molecule has 2 aliphatic rings. The van der Waals surface area contributed by atoms with E-state index in [1.54, 1.807) is 0 Å². The molecule has 2 heterocycles. The maximum atomic E-state index is 5.96. The average Bonchev–Trinajstić information content (AvgIpc) is 2.33. The molecule has 0 aromatic heterocycles. The minimum absolute atomic E-state index is 0.0301. The van der Waals surface area contributed by atoms with Crippen LogP contribution in [0.4, 0.5) is 0 Å². The van der Waals surface area contributed by atoms with Crippen molar-refractivity contribution in [1.82, 2.24) is 5.32 Å². The minimum Gasteiger partial charge on any atom is -0.375 e. The van der Waals surface area contributed by atoms with Gasteiger partial charge in [0.2, 0.25) is 0 Å². The zero-order valence-corrected chi connectivity index (χ0v) is 7.80. The molecule has 2 fully saturated rings. The highest BCUT2D eigenvalue weighted by atomic mass is 16.6. The molecule has 3 heteroatoms. The summed E-state index contributed by atoms with van der Waals surface area (Å²) in [5, 5.41) is 3.39. The number of ether oxygens (including phenoxy) is 2. The Bertz CT molecular complexity index is 174. The quantitative estimate of drug-likeness (QED) is 0.577. The number of hydrogen-bond donors (Lipinski definition) is 1. The first-order chi connectivity index (χ1) is 5.73. The van der Waals surface area contributed by atoms with Crippen LogP contribution in [0.1, 0.15) is 20.3 Å². The van der Waals surface area contributed by atoms with Crippen LogP contribution >= 0.6 is 0 Å². The normalized spacial score (nSPS) is 48.5. The Hall–Kier alpha value is -0.120. The summed E-state index contributed by atoms with van der Waals surface area (Å²) in [7, 11) is 0. The van der Waals surface area contributed by atoms with Gasteiger partial charge in [-0.15, -0.1) is 0 Å². The number of rotatable bonds is 0. The number of morpholine rings is 1. The first-order valence-electron chi connectivity index (χ1n) is 4.73. The van der Waals surface area contributed by atoms with E-state index in [2.05, 4.69) is 19.2 Å². The highest BCUT2D eigenvalue weighted by molar-refractivity contribution is 4.96. The van der Waals surface area contributed by atoms with E-state index in [-0.39, 0.29) is 11.7 Å². The molecule has 0 aromatic rings. The third-order valence-corrected chi connectivity index (χ3v) is 2.93. The van der Waals surface area contributed by atoms with Crippen molar-refractivity contribution in [2.75, 3.05) is 19.7 Å². The van der Waals surface area contributed by atoms with Crippen molar-refractivity contribution in [3.05, 3.63) is 0 Å². The third-order valence-electron chi connectivity index (χ3n) is 2.93. The molecular weight excluding hydrogens is 154 g/mol. The van der Waals surface area contributed by atoms with E-state index in [4.69, 9.17) is 9.47 Å². The SMILES string of the molecule is C[C@H]1CNC[C@]2(CCO[C@@H]2C)O1. The summed E-state index contributed by atoms with van der Waals surface area (Å²) in [5.74, 6) is 0. The molecule has 0 radical (unpaired) electrons. The summed E-state index contributed by atoms with van der Waals surface area (Å²) >= 11 is 0. The Morgan fingerprint density at radius 1 is 1.42 bits per heavy atom. The lowest BCUT2D eigenvalue weighted by atomic mass is 9.94. The second kappa shape index (κ2) is 2.98. The lowest BCUT2D eigenvalue weighted by Crippen LogP contribution is -2.56. The molecule has 1 spiro atoms. The van der Waals surface area contributed by atoms with Gasteiger partial charge in [-0.2, -0.15) is 0 Å². The topological polar surface area (TPSA) is 30.5 Å². The molecule has 3 atom stereocenters. The van der Waals surface area contributed by atoms with Crippen molar-refractivity contribution in [2.24, 2.45) is 0 Å². The van der Waals surface area contributed by atoms with Gasteiger partial charge in [0.25, 0.3) is 0 Å². The summed E-state index contributed by atoms with van der Waals surface area (Å²) in [4.78, 5) is 0. The van der Waals surface area contributed by atoms with Gasteiger partial charge in [-0.05, 0) is 13.8 Å². The van der Waals surface area contributed by atoms with E-state index in [9.17, 15) is 0 Å². The van der Waals surface area contributed by atoms with Crippen LogP contribution < -0.4 is 5.32 Å². The van der Waals surface area contributed by atoms with Gasteiger partial charge in [-0.3, -0.25) is 0 Å². The summed E-state index contributed by atoms with van der Waals surface area (Å²) < 4.78 is 11.5. The van der Waals surface area contributed by atoms with Crippen molar-refractivity contribution < 1.29 is 9.47 Å². The largest absolute Gasteiger partial charge is 0.375 e. The zero-order valence-electron chi connectivity index (χ0n) is 7.80. The molecule has 2 aliphatic heterocycles. The lowest BCUT2D eigenvalue weighted by Gasteiger charge is -2.39. The molecule has 12 heavy (non-hydrogen) atoms. The van der Waals surface area contributed by atoms with Gasteiger partial charge in [-0.1, -0.05) is 0 Å². The monoisotopic (exact) mass is 171 g/mol. The molecule has 0 bridgehead atoms. The van der Waals surface area contributed by atoms with Crippen LogP contribution in [0.2, 0.25) is 0 Å². The Kier molecular flexibility index (Phi) is 2.10. The van der Waals surface area contributed by atoms with E-state index < -0.39 is 0 Å². The average molecular weight is 171 g/mol. The van der Waals surface area contributed by atoms with Crippen LogP contribution in [0, 0.1) is 0 Å². The van der Waals surface area contributed by atoms with E-state index >= 15 is 0 Å². The van der Waals surface area contributed by atoms with Crippen LogP contribution in [0.15, 0.2) is 0 Å². The smallest absolute Gasteiger partial charge is 0.109 e. The third kappa shape index (κ3) is 1.26. The van der Waals surface area contributed by atoms with Crippen molar-refractivity contribution >= 4 is 0 Å². The number of nitrogens with one attached hydrogen (secondary N) is 1. The summed E-state index contributed by atoms with van der Waals surface area (Å²) in [6.45, 7) is 6.97. The molecule has 1 N–H and O–H groups in total. The van der Waals surface area contributed by atoms with Crippen LogP contribution in [-0.4, -0.2) is 37.5 Å². The standard InChI is InChI=1S/C9H17NO2/c1-7-5-10-6-9(12-7)3-4-11-8(9)2/h7-8,10H,3-6H2,1-2H3/t7-,8+,9-/m0/s1. The van der Waals surface area contributed by atoms with Crippen LogP contribution in [0.25, 0.3) is 0 Å². The first-order valence-corrected chi connectivity index (χ1v) is 4.73. The Balaban J connectivity index is 2.08. The van der Waals surface area contributed by atoms with E-state index in [1.165, 1.54) is 0 Å². The lowest BCUT2D eigenvalue weighted by molar-refractivity contribution is -0.135. The predicted molar refractivity (Wildman–Crippen MR) is 46.2 cm³/mol. The second-order valence-electron chi connectivity index (χ2n) is 3.89. The minimum atomic E-state index is -0.0301. The molecule has 0 aromatic carbocycles. The molecule has 70 valence electrons. The zero-order chi connectivity index (χ0) is 8.60. The molecule has 2 saturated heterocycles. The van der Waals surface area contributed by atoms with Gasteiger partial charge in [0.15, 0.2) is 0 Å². The molecule has 0 unspecified atom stereocenters. The van der Waals surface area contributed by atoms with Gasteiger partial charge in [-0.25, -0.2) is 0 Å². The fraction of sp³-hybridized carbons (Fsp3) is 1.00. The molecule has 0 saturated carbocycles. The van der Waals surface area contributed by atoms with Gasteiger partial charge in [0, 0.05) is 26.1 Å². The maximum Gasteiger partial charge on any atom is 0.109 e. The van der Waals surface area contributed by atoms with Gasteiger partial charge in [0.1, 0.15) is 5.60 Å². The Morgan fingerprint density at radius 3 is 2.83 bits per heavy atom. The fourth-order valence-corrected chi connectivity index (χ4v) is 2.12. The van der Waals surface area contributed by atoms with Gasteiger partial charge < -0.3 is 14.8 Å². The van der Waals surface area contributed by atoms with Gasteiger partial charge in [0.05, 0.1) is 12.2 Å². The summed E-state index contributed by atoms with van der Waals surface area (Å²) in [6.07, 6.45) is 1.60. The molecule has 2 rings (SSSR count). The van der Waals surface area contributed by atoms with E-state index in [1.807, 2.05) is 0 Å². The van der Waals surface area contributed by atoms with Crippen LogP contribution in [0.3, 0.4) is 0 Å². The van der Waals surface area contributed by atoms with Crippen LogP contribution in [-0.2, 0) is 9.47 Å². The first kappa shape index (κ1) is 8.48. The Labute approximate surface area is 73.4 Å². The predicted octanol–water partition coefficient (Wildman–Crippen LogP) is 0.542. The molecule has 0 aliphatic carbocycles. The fourth-order valence-electron chi connectivity index (χ4n) is 2.12. The highest BCUT2D eigenvalue weighted by Crippen LogP contribution is 2.32. The summed E-state index contributed by atoms with van der Waals surface area (Å²) in [5.41, 5.74) is -0.0301. The number of hydrogen-bond acceptors (Lipinski definition) is 3. The highest BCUT2D eigenvalue weighted by Gasteiger charge is 2.45. The van der Waals surface area contributed by atoms with E-state index in [0.717, 1.165) is 26.1 Å². The summed E-state index contributed by atoms with van der Waals surface area (Å²) in [6, 6.07) is 0. The van der Waals surface area contributed by atoms with Crippen molar-refractivity contribution in [1.29, 1.82) is 0 Å². The molecule has 0 amide bonds.